The molecule has 14 heavy (non-hydrogen) atoms. The van der Waals surface area contributed by atoms with Crippen LogP contribution in [0.2, 0.25) is 15.2 Å². The van der Waals surface area contributed by atoms with Gasteiger partial charge in [-0.25, -0.2) is 0 Å². The van der Waals surface area contributed by atoms with E-state index < -0.39 is 0 Å². The van der Waals surface area contributed by atoms with E-state index in [0.717, 1.165) is 0 Å². The summed E-state index contributed by atoms with van der Waals surface area (Å²) < 4.78 is 0. The first-order chi connectivity index (χ1) is 6.59. The van der Waals surface area contributed by atoms with Gasteiger partial charge in [-0.3, -0.25) is 9.89 Å². The van der Waals surface area contributed by atoms with Gasteiger partial charge in [-0.15, -0.1) is 0 Å². The minimum absolute atomic E-state index is 0.115. The lowest BCUT2D eigenvalue weighted by Gasteiger charge is -1.99. The van der Waals surface area contributed by atoms with Crippen LogP contribution in [0.1, 0.15) is 0 Å². The van der Waals surface area contributed by atoms with E-state index in [-0.39, 0.29) is 10.6 Å². The maximum absolute atomic E-state index is 11.5. The molecule has 1 N–H and O–H groups in total. The number of aromatic nitrogens is 2. The van der Waals surface area contributed by atoms with Crippen LogP contribution in [0.5, 0.6) is 0 Å². The van der Waals surface area contributed by atoms with Gasteiger partial charge >= 0.3 is 0 Å². The molecule has 0 aliphatic carbocycles. The van der Waals surface area contributed by atoms with Crippen LogP contribution < -0.4 is 5.43 Å². The molecule has 0 bridgehead atoms. The predicted octanol–water partition coefficient (Wildman–Crippen LogP) is 2.88. The standard InChI is InChI=1S/C8H3Cl3N2O/c9-4-1-3-6(2-5(4)10)12-13-8(11)7(3)14/h1-2H,(H,12,14). The zero-order valence-electron chi connectivity index (χ0n) is 6.64. The third-order valence-electron chi connectivity index (χ3n) is 1.77. The van der Waals surface area contributed by atoms with Crippen molar-refractivity contribution in [1.82, 2.24) is 10.2 Å². The van der Waals surface area contributed by atoms with Gasteiger partial charge in [-0.2, -0.15) is 5.10 Å². The molecule has 0 unspecified atom stereocenters. The first-order valence-corrected chi connectivity index (χ1v) is 4.76. The number of nitrogens with zero attached hydrogens (tertiary/aromatic N) is 1. The van der Waals surface area contributed by atoms with Crippen LogP contribution in [0, 0.1) is 0 Å². The molecule has 1 heterocycles. The van der Waals surface area contributed by atoms with E-state index in [1.807, 2.05) is 0 Å². The molecular formula is C8H3Cl3N2O. The highest BCUT2D eigenvalue weighted by atomic mass is 35.5. The summed E-state index contributed by atoms with van der Waals surface area (Å²) in [4.78, 5) is 11.5. The number of rotatable bonds is 0. The van der Waals surface area contributed by atoms with Gasteiger partial charge in [-0.05, 0) is 12.1 Å². The lowest BCUT2D eigenvalue weighted by atomic mass is 10.2. The molecule has 0 saturated carbocycles. The van der Waals surface area contributed by atoms with Crippen LogP contribution in [0.25, 0.3) is 10.9 Å². The molecule has 0 amide bonds. The molecule has 0 saturated heterocycles. The van der Waals surface area contributed by atoms with Gasteiger partial charge in [0.2, 0.25) is 5.43 Å². The van der Waals surface area contributed by atoms with E-state index in [1.54, 1.807) is 0 Å². The molecule has 0 aliphatic heterocycles. The van der Waals surface area contributed by atoms with E-state index in [4.69, 9.17) is 34.8 Å². The maximum atomic E-state index is 11.5. The number of hydrogen-bond acceptors (Lipinski definition) is 2. The van der Waals surface area contributed by atoms with Crippen molar-refractivity contribution >= 4 is 45.7 Å². The zero-order chi connectivity index (χ0) is 10.3. The number of nitrogens with one attached hydrogen (secondary N) is 1. The summed E-state index contributed by atoms with van der Waals surface area (Å²) >= 11 is 17.1. The Labute approximate surface area is 93.6 Å². The molecule has 72 valence electrons. The molecule has 2 rings (SSSR count). The van der Waals surface area contributed by atoms with Crippen LogP contribution in [-0.4, -0.2) is 10.2 Å². The summed E-state index contributed by atoms with van der Waals surface area (Å²) in [5, 5.41) is 7.14. The molecule has 0 fully saturated rings. The fourth-order valence-corrected chi connectivity index (χ4v) is 1.57. The number of fused-ring (bicyclic) bond motifs is 1. The Balaban J connectivity index is 2.97. The molecule has 3 nitrogen and oxygen atoms in total. The average molecular weight is 249 g/mol. The zero-order valence-corrected chi connectivity index (χ0v) is 8.91. The minimum Gasteiger partial charge on any atom is -0.286 e. The predicted molar refractivity (Wildman–Crippen MR) is 57.4 cm³/mol. The second-order valence-corrected chi connectivity index (χ2v) is 3.83. The number of H-pyrrole nitrogens is 1. The Morgan fingerprint density at radius 3 is 2.50 bits per heavy atom. The number of aromatic amines is 1. The lowest BCUT2D eigenvalue weighted by Crippen LogP contribution is -2.06. The van der Waals surface area contributed by atoms with Gasteiger partial charge in [0.1, 0.15) is 0 Å². The fraction of sp³-hybridized carbons (Fsp3) is 0. The normalized spacial score (nSPS) is 10.8. The van der Waals surface area contributed by atoms with Crippen molar-refractivity contribution in [3.63, 3.8) is 0 Å². The first-order valence-electron chi connectivity index (χ1n) is 3.62. The van der Waals surface area contributed by atoms with Gasteiger partial charge in [0.25, 0.3) is 0 Å². The minimum atomic E-state index is -0.362. The van der Waals surface area contributed by atoms with Gasteiger partial charge in [-0.1, -0.05) is 34.8 Å². The average Bonchev–Trinajstić information content (AvgIpc) is 2.15. The molecule has 6 heteroatoms. The number of halogens is 3. The Hall–Kier alpha value is -0.770. The Kier molecular flexibility index (Phi) is 2.39. The third-order valence-corrected chi connectivity index (χ3v) is 2.75. The van der Waals surface area contributed by atoms with Crippen LogP contribution in [0.4, 0.5) is 0 Å². The number of benzene rings is 1. The van der Waals surface area contributed by atoms with Crippen molar-refractivity contribution in [2.45, 2.75) is 0 Å². The SMILES string of the molecule is O=c1c(Cl)n[nH]c2cc(Cl)c(Cl)cc12. The number of hydrogen-bond donors (Lipinski definition) is 1. The summed E-state index contributed by atoms with van der Waals surface area (Å²) in [6, 6.07) is 3.00. The summed E-state index contributed by atoms with van der Waals surface area (Å²) in [5.41, 5.74) is 0.146. The molecule has 0 radical (unpaired) electrons. The van der Waals surface area contributed by atoms with Gasteiger partial charge in [0.05, 0.1) is 20.9 Å². The van der Waals surface area contributed by atoms with E-state index in [0.29, 0.717) is 20.9 Å². The first kappa shape index (κ1) is 9.77. The quantitative estimate of drug-likeness (QED) is 0.780. The van der Waals surface area contributed by atoms with Crippen molar-refractivity contribution < 1.29 is 0 Å². The molecule has 0 spiro atoms. The lowest BCUT2D eigenvalue weighted by molar-refractivity contribution is 1.07. The maximum Gasteiger partial charge on any atom is 0.226 e. The molecule has 2 aromatic rings. The Morgan fingerprint density at radius 2 is 1.79 bits per heavy atom. The molecular weight excluding hydrogens is 246 g/mol. The van der Waals surface area contributed by atoms with Crippen LogP contribution >= 0.6 is 34.8 Å². The second-order valence-electron chi connectivity index (χ2n) is 2.66. The Bertz CT molecular complexity index is 564. The summed E-state index contributed by atoms with van der Waals surface area (Å²) in [7, 11) is 0. The molecule has 0 atom stereocenters. The largest absolute Gasteiger partial charge is 0.286 e. The van der Waals surface area contributed by atoms with E-state index >= 15 is 0 Å². The van der Waals surface area contributed by atoms with E-state index in [9.17, 15) is 4.79 Å². The summed E-state index contributed by atoms with van der Waals surface area (Å²) in [6.45, 7) is 0. The fourth-order valence-electron chi connectivity index (χ4n) is 1.10. The highest BCUT2D eigenvalue weighted by Gasteiger charge is 2.07. The van der Waals surface area contributed by atoms with E-state index in [2.05, 4.69) is 10.2 Å². The third kappa shape index (κ3) is 1.47. The van der Waals surface area contributed by atoms with Crippen molar-refractivity contribution in [1.29, 1.82) is 0 Å². The van der Waals surface area contributed by atoms with Crippen LogP contribution in [0.3, 0.4) is 0 Å². The molecule has 1 aromatic heterocycles. The van der Waals surface area contributed by atoms with E-state index in [1.165, 1.54) is 12.1 Å². The monoisotopic (exact) mass is 248 g/mol. The van der Waals surface area contributed by atoms with Crippen molar-refractivity contribution in [2.24, 2.45) is 0 Å². The molecule has 0 aliphatic rings. The highest BCUT2D eigenvalue weighted by Crippen LogP contribution is 2.25. The summed E-state index contributed by atoms with van der Waals surface area (Å²) in [5.74, 6) is 0. The van der Waals surface area contributed by atoms with Gasteiger partial charge in [0.15, 0.2) is 5.15 Å². The topological polar surface area (TPSA) is 45.8 Å². The highest BCUT2D eigenvalue weighted by molar-refractivity contribution is 6.42. The van der Waals surface area contributed by atoms with Crippen molar-refractivity contribution in [3.8, 4) is 0 Å². The Morgan fingerprint density at radius 1 is 1.14 bits per heavy atom. The van der Waals surface area contributed by atoms with Gasteiger partial charge < -0.3 is 0 Å². The smallest absolute Gasteiger partial charge is 0.226 e. The second kappa shape index (κ2) is 3.42. The van der Waals surface area contributed by atoms with Crippen molar-refractivity contribution in [3.05, 3.63) is 37.6 Å². The van der Waals surface area contributed by atoms with Gasteiger partial charge in [0, 0.05) is 0 Å². The van der Waals surface area contributed by atoms with Crippen molar-refractivity contribution in [2.75, 3.05) is 0 Å². The summed E-state index contributed by atoms with van der Waals surface area (Å²) in [6.07, 6.45) is 0. The van der Waals surface area contributed by atoms with Crippen LogP contribution in [-0.2, 0) is 0 Å². The van der Waals surface area contributed by atoms with Crippen LogP contribution in [0.15, 0.2) is 16.9 Å². The molecule has 1 aromatic carbocycles.